The van der Waals surface area contributed by atoms with E-state index in [1.807, 2.05) is 26.2 Å². The molecule has 1 atom stereocenters. The summed E-state index contributed by atoms with van der Waals surface area (Å²) in [6.45, 7) is 10.6. The number of carbonyl (C=O) groups is 1. The van der Waals surface area contributed by atoms with E-state index in [1.54, 1.807) is 0 Å². The van der Waals surface area contributed by atoms with Crippen LogP contribution in [0.25, 0.3) is 0 Å². The molecule has 134 valence electrons. The van der Waals surface area contributed by atoms with Crippen molar-refractivity contribution >= 4 is 5.97 Å². The smallest absolute Gasteiger partial charge is 0.312 e. The van der Waals surface area contributed by atoms with Gasteiger partial charge in [-0.1, -0.05) is 13.8 Å². The van der Waals surface area contributed by atoms with Crippen LogP contribution in [0.15, 0.2) is 24.5 Å². The molecule has 0 aromatic carbocycles. The highest BCUT2D eigenvalue weighted by Gasteiger charge is 2.39. The van der Waals surface area contributed by atoms with E-state index in [9.17, 15) is 4.79 Å². The molecule has 0 N–H and O–H groups in total. The third-order valence-corrected chi connectivity index (χ3v) is 6.01. The lowest BCUT2D eigenvalue weighted by atomic mass is 9.72. The molecular formula is C21H33NO2. The molecule has 0 aliphatic heterocycles. The molecule has 1 aromatic heterocycles. The van der Waals surface area contributed by atoms with Crippen LogP contribution in [0.3, 0.4) is 0 Å². The fourth-order valence-corrected chi connectivity index (χ4v) is 3.56. The molecule has 1 unspecified atom stereocenters. The minimum absolute atomic E-state index is 0.0416. The largest absolute Gasteiger partial charge is 0.459 e. The van der Waals surface area contributed by atoms with Crippen LogP contribution in [-0.4, -0.2) is 16.6 Å². The number of nitrogens with zero attached hydrogens (tertiary/aromatic N) is 1. The van der Waals surface area contributed by atoms with E-state index >= 15 is 0 Å². The van der Waals surface area contributed by atoms with Crippen molar-refractivity contribution in [3.05, 3.63) is 30.1 Å². The van der Waals surface area contributed by atoms with Gasteiger partial charge in [-0.2, -0.15) is 0 Å². The van der Waals surface area contributed by atoms with E-state index in [0.717, 1.165) is 32.1 Å². The molecule has 3 heteroatoms. The highest BCUT2D eigenvalue weighted by atomic mass is 16.6. The molecule has 0 bridgehead atoms. The Hall–Kier alpha value is -1.38. The molecule has 24 heavy (non-hydrogen) atoms. The average Bonchev–Trinajstić information content (AvgIpc) is 2.99. The zero-order chi connectivity index (χ0) is 17.8. The van der Waals surface area contributed by atoms with Gasteiger partial charge >= 0.3 is 5.97 Å². The number of hydrogen-bond acceptors (Lipinski definition) is 3. The van der Waals surface area contributed by atoms with E-state index in [1.165, 1.54) is 18.4 Å². The monoisotopic (exact) mass is 331 g/mol. The molecule has 0 amide bonds. The summed E-state index contributed by atoms with van der Waals surface area (Å²) >= 11 is 0. The quantitative estimate of drug-likeness (QED) is 0.625. The predicted octanol–water partition coefficient (Wildman–Crippen LogP) is 5.43. The number of esters is 1. The van der Waals surface area contributed by atoms with Gasteiger partial charge in [0, 0.05) is 12.4 Å². The molecule has 1 fully saturated rings. The summed E-state index contributed by atoms with van der Waals surface area (Å²) in [6.07, 6.45) is 10.9. The van der Waals surface area contributed by atoms with Gasteiger partial charge in [-0.05, 0) is 88.8 Å². The lowest BCUT2D eigenvalue weighted by Crippen LogP contribution is -2.37. The Labute approximate surface area is 147 Å². The molecule has 1 saturated carbocycles. The first-order valence-electron chi connectivity index (χ1n) is 9.35. The van der Waals surface area contributed by atoms with E-state index < -0.39 is 5.41 Å². The second-order valence-electron chi connectivity index (χ2n) is 8.58. The van der Waals surface area contributed by atoms with Crippen molar-refractivity contribution in [2.24, 2.45) is 5.41 Å². The maximum absolute atomic E-state index is 12.7. The molecule has 0 saturated heterocycles. The summed E-state index contributed by atoms with van der Waals surface area (Å²) in [5.74, 6) is -0.0416. The fraction of sp³-hybridized carbons (Fsp3) is 0.714. The van der Waals surface area contributed by atoms with Crippen LogP contribution in [0.1, 0.15) is 85.1 Å². The summed E-state index contributed by atoms with van der Waals surface area (Å²) in [5, 5.41) is 0. The Morgan fingerprint density at radius 3 is 2.29 bits per heavy atom. The molecular weight excluding hydrogens is 298 g/mol. The van der Waals surface area contributed by atoms with Crippen molar-refractivity contribution in [2.75, 3.05) is 0 Å². The number of hydrogen-bond donors (Lipinski definition) is 0. The van der Waals surface area contributed by atoms with Crippen molar-refractivity contribution in [3.8, 4) is 0 Å². The molecule has 1 aliphatic carbocycles. The number of aromatic nitrogens is 1. The summed E-state index contributed by atoms with van der Waals surface area (Å²) < 4.78 is 5.92. The topological polar surface area (TPSA) is 39.2 Å². The van der Waals surface area contributed by atoms with E-state index in [4.69, 9.17) is 4.74 Å². The lowest BCUT2D eigenvalue weighted by Gasteiger charge is -2.34. The van der Waals surface area contributed by atoms with E-state index in [-0.39, 0.29) is 17.0 Å². The van der Waals surface area contributed by atoms with Gasteiger partial charge in [0.05, 0.1) is 5.41 Å². The highest BCUT2D eigenvalue weighted by Crippen LogP contribution is 2.39. The zero-order valence-corrected chi connectivity index (χ0v) is 16.0. The van der Waals surface area contributed by atoms with E-state index in [0.29, 0.717) is 0 Å². The molecule has 0 radical (unpaired) electrons. The van der Waals surface area contributed by atoms with Crippen molar-refractivity contribution < 1.29 is 9.53 Å². The van der Waals surface area contributed by atoms with Gasteiger partial charge in [0.1, 0.15) is 5.60 Å². The maximum Gasteiger partial charge on any atom is 0.312 e. The number of rotatable bonds is 7. The molecule has 3 nitrogen and oxygen atoms in total. The van der Waals surface area contributed by atoms with Gasteiger partial charge < -0.3 is 4.74 Å². The van der Waals surface area contributed by atoms with Gasteiger partial charge in [-0.25, -0.2) is 0 Å². The minimum atomic E-state index is -0.449. The van der Waals surface area contributed by atoms with Crippen LogP contribution in [0.5, 0.6) is 0 Å². The first-order valence-corrected chi connectivity index (χ1v) is 9.35. The molecule has 2 rings (SSSR count). The molecule has 1 aliphatic rings. The lowest BCUT2D eigenvalue weighted by molar-refractivity contribution is -0.169. The van der Waals surface area contributed by atoms with E-state index in [2.05, 4.69) is 37.9 Å². The Bertz CT molecular complexity index is 546. The van der Waals surface area contributed by atoms with Crippen LogP contribution in [-0.2, 0) is 14.9 Å². The van der Waals surface area contributed by atoms with Crippen LogP contribution >= 0.6 is 0 Å². The average molecular weight is 331 g/mol. The normalized spacial score (nSPS) is 19.7. The van der Waals surface area contributed by atoms with Gasteiger partial charge in [0.2, 0.25) is 0 Å². The summed E-state index contributed by atoms with van der Waals surface area (Å²) in [4.78, 5) is 16.9. The fourth-order valence-electron chi connectivity index (χ4n) is 3.56. The third kappa shape index (κ3) is 4.37. The minimum Gasteiger partial charge on any atom is -0.459 e. The van der Waals surface area contributed by atoms with Crippen molar-refractivity contribution in [1.82, 2.24) is 4.98 Å². The van der Waals surface area contributed by atoms with Gasteiger partial charge in [0.15, 0.2) is 0 Å². The van der Waals surface area contributed by atoms with Crippen LogP contribution in [0.2, 0.25) is 0 Å². The number of pyridine rings is 1. The Morgan fingerprint density at radius 1 is 1.17 bits per heavy atom. The molecule has 1 aromatic rings. The van der Waals surface area contributed by atoms with Crippen LogP contribution < -0.4 is 0 Å². The van der Waals surface area contributed by atoms with Crippen molar-refractivity contribution in [3.63, 3.8) is 0 Å². The molecule has 0 spiro atoms. The van der Waals surface area contributed by atoms with Gasteiger partial charge in [0.25, 0.3) is 0 Å². The highest BCUT2D eigenvalue weighted by molar-refractivity contribution is 5.76. The van der Waals surface area contributed by atoms with Crippen molar-refractivity contribution in [2.45, 2.75) is 90.6 Å². The Morgan fingerprint density at radius 2 is 1.75 bits per heavy atom. The predicted molar refractivity (Wildman–Crippen MR) is 97.9 cm³/mol. The summed E-state index contributed by atoms with van der Waals surface area (Å²) in [5.41, 5.74) is 0.673. The Balaban J connectivity index is 2.01. The maximum atomic E-state index is 12.7. The summed E-state index contributed by atoms with van der Waals surface area (Å²) in [6, 6.07) is 4.18. The third-order valence-electron chi connectivity index (χ3n) is 6.01. The zero-order valence-electron chi connectivity index (χ0n) is 16.0. The molecule has 1 heterocycles. The van der Waals surface area contributed by atoms with Gasteiger partial charge in [-0.15, -0.1) is 0 Å². The summed E-state index contributed by atoms with van der Waals surface area (Å²) in [7, 11) is 0. The standard InChI is InChI=1S/C21H33NO2/c1-6-20(4,17-9-15-22-16-10-17)14-13-19(2,3)18(23)24-21(5)11-7-8-12-21/h9-10,15-16H,6-8,11-14H2,1-5H3. The van der Waals surface area contributed by atoms with Crippen LogP contribution in [0, 0.1) is 5.41 Å². The SMILES string of the molecule is CCC(C)(CCC(C)(C)C(=O)OC1(C)CCCC1)c1ccncc1. The second-order valence-corrected chi connectivity index (χ2v) is 8.58. The first-order chi connectivity index (χ1) is 11.2. The van der Waals surface area contributed by atoms with Gasteiger partial charge in [-0.3, -0.25) is 9.78 Å². The number of carbonyl (C=O) groups excluding carboxylic acids is 1. The number of ether oxygens (including phenoxy) is 1. The Kier molecular flexibility index (Phi) is 5.72. The van der Waals surface area contributed by atoms with Crippen molar-refractivity contribution in [1.29, 1.82) is 0 Å². The second kappa shape index (κ2) is 7.25. The van der Waals surface area contributed by atoms with Crippen LogP contribution in [0.4, 0.5) is 0 Å². The first kappa shape index (κ1) is 19.0.